The van der Waals surface area contributed by atoms with Crippen LogP contribution in [-0.2, 0) is 4.79 Å². The maximum atomic E-state index is 12.5. The predicted octanol–water partition coefficient (Wildman–Crippen LogP) is 1.94. The molecule has 1 atom stereocenters. The van der Waals surface area contributed by atoms with Crippen molar-refractivity contribution in [3.63, 3.8) is 0 Å². The topological polar surface area (TPSA) is 94.2 Å². The number of piperazine rings is 1. The number of fused-ring (bicyclic) bond motifs is 1. The first-order valence-electron chi connectivity index (χ1n) is 9.33. The molecule has 1 fully saturated rings. The molecular formula is C18H23F3N6O2. The Kier molecular flexibility index (Phi) is 5.94. The molecular weight excluding hydrogens is 389 g/mol. The molecule has 1 aliphatic rings. The van der Waals surface area contributed by atoms with E-state index in [4.69, 9.17) is 0 Å². The predicted molar refractivity (Wildman–Crippen MR) is 101 cm³/mol. The number of hydrogen-bond acceptors (Lipinski definition) is 5. The fraction of sp³-hybridized carbons (Fsp3) is 0.556. The van der Waals surface area contributed by atoms with Crippen LogP contribution in [0.5, 0.6) is 0 Å². The van der Waals surface area contributed by atoms with Gasteiger partial charge in [-0.3, -0.25) is 9.59 Å². The van der Waals surface area contributed by atoms with E-state index >= 15 is 0 Å². The Labute approximate surface area is 165 Å². The van der Waals surface area contributed by atoms with Crippen LogP contribution in [0.1, 0.15) is 30.6 Å². The molecule has 2 N–H and O–H groups in total. The van der Waals surface area contributed by atoms with Crippen LogP contribution in [-0.4, -0.2) is 70.6 Å². The lowest BCUT2D eigenvalue weighted by molar-refractivity contribution is -0.142. The van der Waals surface area contributed by atoms with E-state index < -0.39 is 24.4 Å². The number of hydrogen-bond donors (Lipinski definition) is 2. The maximum absolute atomic E-state index is 12.5. The number of aromatic nitrogens is 3. The van der Waals surface area contributed by atoms with Crippen LogP contribution in [0.3, 0.4) is 0 Å². The Morgan fingerprint density at radius 1 is 1.28 bits per heavy atom. The third kappa shape index (κ3) is 5.15. The number of anilines is 1. The van der Waals surface area contributed by atoms with Gasteiger partial charge in [-0.1, -0.05) is 6.92 Å². The molecule has 8 nitrogen and oxygen atoms in total. The second kappa shape index (κ2) is 8.26. The fourth-order valence-corrected chi connectivity index (χ4v) is 3.29. The molecule has 2 aromatic rings. The Morgan fingerprint density at radius 3 is 2.59 bits per heavy atom. The second-order valence-corrected chi connectivity index (χ2v) is 7.26. The first-order chi connectivity index (χ1) is 13.6. The van der Waals surface area contributed by atoms with Crippen molar-refractivity contribution in [3.05, 3.63) is 18.0 Å². The number of carbonyl (C=O) groups excluding carboxylic acids is 2. The number of carbonyl (C=O) groups is 2. The molecule has 0 aromatic carbocycles. The summed E-state index contributed by atoms with van der Waals surface area (Å²) in [7, 11) is 0. The minimum Gasteiger partial charge on any atom is -0.352 e. The van der Waals surface area contributed by atoms with Crippen LogP contribution in [0, 0.1) is 5.92 Å². The van der Waals surface area contributed by atoms with Gasteiger partial charge in [0.2, 0.25) is 5.91 Å². The van der Waals surface area contributed by atoms with Crippen molar-refractivity contribution in [1.29, 1.82) is 0 Å². The zero-order valence-electron chi connectivity index (χ0n) is 16.2. The van der Waals surface area contributed by atoms with Crippen LogP contribution >= 0.6 is 0 Å². The molecule has 0 unspecified atom stereocenters. The van der Waals surface area contributed by atoms with E-state index in [1.165, 1.54) is 20.0 Å². The van der Waals surface area contributed by atoms with E-state index in [1.54, 1.807) is 11.1 Å². The quantitative estimate of drug-likeness (QED) is 0.783. The standard InChI is InChI=1S/C18H23F3N6O2/c1-11(7-18(19,20)21)8-24-17(29)13-9-22-16-15(13)25-14(10-23-16)27-5-3-26(4-6-27)12(2)28/h9-11H,3-8H2,1-2H3,(H,22,23)(H,24,29)/t11-/m1/s1. The summed E-state index contributed by atoms with van der Waals surface area (Å²) in [4.78, 5) is 39.3. The van der Waals surface area contributed by atoms with Gasteiger partial charge in [-0.05, 0) is 5.92 Å². The highest BCUT2D eigenvalue weighted by molar-refractivity contribution is 6.04. The molecule has 0 spiro atoms. The van der Waals surface area contributed by atoms with Crippen molar-refractivity contribution in [2.24, 2.45) is 5.92 Å². The van der Waals surface area contributed by atoms with Crippen LogP contribution in [0.15, 0.2) is 12.4 Å². The molecule has 2 aromatic heterocycles. The number of amides is 2. The molecule has 0 radical (unpaired) electrons. The van der Waals surface area contributed by atoms with Gasteiger partial charge >= 0.3 is 6.18 Å². The molecule has 2 amide bonds. The number of aromatic amines is 1. The van der Waals surface area contributed by atoms with Crippen molar-refractivity contribution in [3.8, 4) is 0 Å². The van der Waals surface area contributed by atoms with E-state index in [2.05, 4.69) is 20.3 Å². The van der Waals surface area contributed by atoms with E-state index in [9.17, 15) is 22.8 Å². The zero-order valence-corrected chi connectivity index (χ0v) is 16.2. The van der Waals surface area contributed by atoms with Crippen molar-refractivity contribution >= 4 is 28.8 Å². The van der Waals surface area contributed by atoms with Gasteiger partial charge in [0.1, 0.15) is 11.3 Å². The molecule has 158 valence electrons. The monoisotopic (exact) mass is 412 g/mol. The van der Waals surface area contributed by atoms with Gasteiger partial charge in [0.25, 0.3) is 5.91 Å². The first-order valence-corrected chi connectivity index (χ1v) is 9.33. The highest BCUT2D eigenvalue weighted by Gasteiger charge is 2.30. The van der Waals surface area contributed by atoms with Gasteiger partial charge in [0.15, 0.2) is 5.65 Å². The van der Waals surface area contributed by atoms with Gasteiger partial charge in [-0.2, -0.15) is 13.2 Å². The van der Waals surface area contributed by atoms with Crippen LogP contribution < -0.4 is 10.2 Å². The average Bonchev–Trinajstić information content (AvgIpc) is 3.08. The minimum absolute atomic E-state index is 0.0236. The summed E-state index contributed by atoms with van der Waals surface area (Å²) >= 11 is 0. The number of alkyl halides is 3. The van der Waals surface area contributed by atoms with E-state index in [0.717, 1.165) is 0 Å². The molecule has 0 saturated carbocycles. The summed E-state index contributed by atoms with van der Waals surface area (Å²) in [5.41, 5.74) is 1.01. The van der Waals surface area contributed by atoms with Crippen LogP contribution in [0.25, 0.3) is 11.2 Å². The highest BCUT2D eigenvalue weighted by Crippen LogP contribution is 2.24. The molecule has 1 aliphatic heterocycles. The lowest BCUT2D eigenvalue weighted by atomic mass is 10.1. The lowest BCUT2D eigenvalue weighted by Gasteiger charge is -2.34. The molecule has 11 heteroatoms. The average molecular weight is 412 g/mol. The minimum atomic E-state index is -4.27. The summed E-state index contributed by atoms with van der Waals surface area (Å²) in [6.45, 7) is 5.22. The molecule has 1 saturated heterocycles. The molecule has 29 heavy (non-hydrogen) atoms. The molecule has 3 rings (SSSR count). The Hall–Kier alpha value is -2.85. The number of halogens is 3. The number of nitrogens with zero attached hydrogens (tertiary/aromatic N) is 4. The number of H-pyrrole nitrogens is 1. The summed E-state index contributed by atoms with van der Waals surface area (Å²) in [6.07, 6.45) is -2.18. The molecule has 0 aliphatic carbocycles. The van der Waals surface area contributed by atoms with Crippen LogP contribution in [0.2, 0.25) is 0 Å². The van der Waals surface area contributed by atoms with Gasteiger partial charge in [-0.15, -0.1) is 0 Å². The van der Waals surface area contributed by atoms with Crippen LogP contribution in [0.4, 0.5) is 19.0 Å². The van der Waals surface area contributed by atoms with Crippen molar-refractivity contribution < 1.29 is 22.8 Å². The summed E-state index contributed by atoms with van der Waals surface area (Å²) < 4.78 is 37.3. The van der Waals surface area contributed by atoms with Gasteiger partial charge < -0.3 is 20.1 Å². The smallest absolute Gasteiger partial charge is 0.352 e. The van der Waals surface area contributed by atoms with Gasteiger partial charge in [-0.25, -0.2) is 9.97 Å². The third-order valence-electron chi connectivity index (χ3n) is 4.85. The van der Waals surface area contributed by atoms with Crippen molar-refractivity contribution in [2.75, 3.05) is 37.6 Å². The van der Waals surface area contributed by atoms with Gasteiger partial charge in [0, 0.05) is 52.3 Å². The third-order valence-corrected chi connectivity index (χ3v) is 4.85. The summed E-state index contributed by atoms with van der Waals surface area (Å²) in [5, 5.41) is 2.53. The van der Waals surface area contributed by atoms with E-state index in [0.29, 0.717) is 43.2 Å². The second-order valence-electron chi connectivity index (χ2n) is 7.26. The lowest BCUT2D eigenvalue weighted by Crippen LogP contribution is -2.48. The number of rotatable bonds is 5. The first kappa shape index (κ1) is 20.9. The van der Waals surface area contributed by atoms with E-state index in [1.807, 2.05) is 4.90 Å². The Bertz CT molecular complexity index is 889. The Balaban J connectivity index is 1.69. The number of nitrogens with one attached hydrogen (secondary N) is 2. The zero-order chi connectivity index (χ0) is 21.2. The Morgan fingerprint density at radius 2 is 1.97 bits per heavy atom. The normalized spacial score (nSPS) is 16.2. The molecule has 0 bridgehead atoms. The van der Waals surface area contributed by atoms with Gasteiger partial charge in [0.05, 0.1) is 11.8 Å². The van der Waals surface area contributed by atoms with Crippen molar-refractivity contribution in [1.82, 2.24) is 25.2 Å². The summed E-state index contributed by atoms with van der Waals surface area (Å²) in [6, 6.07) is 0. The van der Waals surface area contributed by atoms with Crippen molar-refractivity contribution in [2.45, 2.75) is 26.4 Å². The SMILES string of the molecule is CC(=O)N1CCN(c2cnc3[nH]cc(C(=O)NC[C@H](C)CC(F)(F)F)c3n2)CC1. The summed E-state index contributed by atoms with van der Waals surface area (Å²) in [5.74, 6) is -0.628. The fourth-order valence-electron chi connectivity index (χ4n) is 3.29. The molecule has 3 heterocycles. The van der Waals surface area contributed by atoms with E-state index in [-0.39, 0.29) is 18.0 Å². The maximum Gasteiger partial charge on any atom is 0.389 e. The largest absolute Gasteiger partial charge is 0.389 e. The highest BCUT2D eigenvalue weighted by atomic mass is 19.4.